The van der Waals surface area contributed by atoms with Crippen molar-refractivity contribution in [2.24, 2.45) is 22.7 Å². The summed E-state index contributed by atoms with van der Waals surface area (Å²) in [7, 11) is 11.0. The Kier molecular flexibility index (Phi) is 16.5. The highest BCUT2D eigenvalue weighted by Gasteiger charge is 2.65. The molecule has 0 N–H and O–H groups in total. The van der Waals surface area contributed by atoms with E-state index >= 15 is 19.2 Å². The molecule has 0 saturated heterocycles. The van der Waals surface area contributed by atoms with Crippen molar-refractivity contribution in [1.82, 2.24) is 0 Å². The van der Waals surface area contributed by atoms with Gasteiger partial charge in [-0.05, 0) is 72.2 Å². The monoisotopic (exact) mass is 898 g/mol. The van der Waals surface area contributed by atoms with Crippen LogP contribution in [-0.2, 0) is 4.74 Å². The van der Waals surface area contributed by atoms with Crippen molar-refractivity contribution in [2.75, 3.05) is 56.9 Å². The quantitative estimate of drug-likeness (QED) is 0.0544. The van der Waals surface area contributed by atoms with Gasteiger partial charge in [0.2, 0.25) is 23.1 Å². The van der Waals surface area contributed by atoms with Crippen molar-refractivity contribution in [1.29, 1.82) is 0 Å². The van der Waals surface area contributed by atoms with Gasteiger partial charge in [0, 0.05) is 11.8 Å². The summed E-state index contributed by atoms with van der Waals surface area (Å²) in [5.74, 6) is -5.86. The molecule has 0 saturated carbocycles. The number of carbonyl (C=O) groups excluding carboxylic acids is 4. The smallest absolute Gasteiger partial charge is 0.210 e. The molecule has 13 nitrogen and oxygen atoms in total. The highest BCUT2D eigenvalue weighted by Crippen LogP contribution is 2.52. The van der Waals surface area contributed by atoms with E-state index in [1.165, 1.54) is 56.9 Å². The maximum atomic E-state index is 16.7. The molecule has 0 aromatic heterocycles. The molecule has 2 unspecified atom stereocenters. The molecule has 0 bridgehead atoms. The van der Waals surface area contributed by atoms with Crippen LogP contribution in [0.15, 0.2) is 72.8 Å². The normalized spacial score (nSPS) is 12.9. The Bertz CT molecular complexity index is 1960. The van der Waals surface area contributed by atoms with Gasteiger partial charge in [0.05, 0.1) is 56.9 Å². The minimum absolute atomic E-state index is 0.0360. The first-order chi connectivity index (χ1) is 30.6. The van der Waals surface area contributed by atoms with Gasteiger partial charge in [0.25, 0.3) is 0 Å². The summed E-state index contributed by atoms with van der Waals surface area (Å²) in [5, 5.41) is 0. The molecule has 0 fully saturated rings. The number of ether oxygens (including phenoxy) is 9. The molecular formula is C52H66O13. The van der Waals surface area contributed by atoms with Gasteiger partial charge in [-0.15, -0.1) is 0 Å². The molecule has 4 rings (SSSR count). The van der Waals surface area contributed by atoms with Crippen LogP contribution in [0.2, 0.25) is 0 Å². The van der Waals surface area contributed by atoms with E-state index in [4.69, 9.17) is 42.6 Å². The third kappa shape index (κ3) is 10.1. The Labute approximate surface area is 383 Å². The van der Waals surface area contributed by atoms with Crippen LogP contribution in [0.25, 0.3) is 0 Å². The van der Waals surface area contributed by atoms with E-state index in [2.05, 4.69) is 0 Å². The summed E-state index contributed by atoms with van der Waals surface area (Å²) in [6.45, 7) is 15.1. The van der Waals surface area contributed by atoms with Crippen LogP contribution in [0, 0.1) is 22.7 Å². The maximum absolute atomic E-state index is 16.7. The fourth-order valence-electron chi connectivity index (χ4n) is 8.91. The average Bonchev–Trinajstić information content (AvgIpc) is 3.28. The van der Waals surface area contributed by atoms with Crippen LogP contribution in [0.4, 0.5) is 0 Å². The SMILES string of the molecule is COc1cccc(OC)c1C(=O)C(OC(C(=O)c1c(OC)cccc1OC)(C(=O)c1c(OC)cccc1OC)C(C)CC(C)(C)C)(C(=O)c1c(OC)cccc1OC)C(C)CC(C)(C)C. The minimum Gasteiger partial charge on any atom is -0.496 e. The third-order valence-corrected chi connectivity index (χ3v) is 11.5. The number of hydrogen-bond donors (Lipinski definition) is 0. The topological polar surface area (TPSA) is 151 Å². The summed E-state index contributed by atoms with van der Waals surface area (Å²) in [6, 6.07) is 18.9. The Morgan fingerprint density at radius 1 is 0.369 bits per heavy atom. The number of carbonyl (C=O) groups is 4. The van der Waals surface area contributed by atoms with Gasteiger partial charge in [-0.25, -0.2) is 0 Å². The zero-order valence-electron chi connectivity index (χ0n) is 40.8. The molecule has 0 radical (unpaired) electrons. The second kappa shape index (κ2) is 20.8. The molecule has 0 aliphatic heterocycles. The molecule has 4 aromatic carbocycles. The first-order valence-electron chi connectivity index (χ1n) is 21.4. The maximum Gasteiger partial charge on any atom is 0.210 e. The number of hydrogen-bond acceptors (Lipinski definition) is 13. The van der Waals surface area contributed by atoms with E-state index in [9.17, 15) is 0 Å². The lowest BCUT2D eigenvalue weighted by molar-refractivity contribution is -0.122. The minimum atomic E-state index is -2.82. The fraction of sp³-hybridized carbons (Fsp3) is 0.462. The standard InChI is InChI=1S/C52H66O13/c1-31(29-49(3,4)5)51(45(53)41-33(57-9)21-17-22-34(41)58-10,46(54)42-35(59-11)23-18-24-36(42)60-12)65-52(32(2)30-50(6,7)8,47(55)43-37(61-13)25-19-26-38(43)62-14)48(56)44-39(63-15)27-20-28-40(44)64-16/h17-28,31-32H,29-30H2,1-16H3. The van der Waals surface area contributed by atoms with Crippen LogP contribution in [0.1, 0.15) is 110 Å². The highest BCUT2D eigenvalue weighted by molar-refractivity contribution is 6.29. The highest BCUT2D eigenvalue weighted by atomic mass is 16.6. The Hall–Kier alpha value is -6.08. The summed E-state index contributed by atoms with van der Waals surface area (Å²) >= 11 is 0. The zero-order valence-corrected chi connectivity index (χ0v) is 40.8. The number of Topliss-reactive ketones (excluding diaryl/α,β-unsaturated/α-hetero) is 4. The van der Waals surface area contributed by atoms with Crippen LogP contribution < -0.4 is 37.9 Å². The molecule has 65 heavy (non-hydrogen) atoms. The Morgan fingerprint density at radius 3 is 0.677 bits per heavy atom. The van der Waals surface area contributed by atoms with Crippen LogP contribution in [0.3, 0.4) is 0 Å². The fourth-order valence-corrected chi connectivity index (χ4v) is 8.91. The van der Waals surface area contributed by atoms with Crippen molar-refractivity contribution < 1.29 is 61.8 Å². The summed E-state index contributed by atoms with van der Waals surface area (Å²) in [6.07, 6.45) is 0.253. The average molecular weight is 899 g/mol. The van der Waals surface area contributed by atoms with Crippen LogP contribution >= 0.6 is 0 Å². The number of ketones is 4. The van der Waals surface area contributed by atoms with E-state index in [0.29, 0.717) is 0 Å². The van der Waals surface area contributed by atoms with E-state index < -0.39 is 57.0 Å². The van der Waals surface area contributed by atoms with Crippen molar-refractivity contribution in [2.45, 2.75) is 79.4 Å². The van der Waals surface area contributed by atoms with Crippen molar-refractivity contribution >= 4 is 23.1 Å². The predicted molar refractivity (Wildman–Crippen MR) is 249 cm³/mol. The molecule has 352 valence electrons. The second-order valence-electron chi connectivity index (χ2n) is 18.4. The first kappa shape index (κ1) is 51.6. The van der Waals surface area contributed by atoms with Gasteiger partial charge in [-0.2, -0.15) is 0 Å². The number of benzene rings is 4. The van der Waals surface area contributed by atoms with Gasteiger partial charge < -0.3 is 42.6 Å². The van der Waals surface area contributed by atoms with Gasteiger partial charge >= 0.3 is 0 Å². The third-order valence-electron chi connectivity index (χ3n) is 11.5. The largest absolute Gasteiger partial charge is 0.496 e. The summed E-state index contributed by atoms with van der Waals surface area (Å²) < 4.78 is 54.4. The molecule has 0 amide bonds. The zero-order chi connectivity index (χ0) is 48.7. The van der Waals surface area contributed by atoms with Crippen molar-refractivity contribution in [3.8, 4) is 46.0 Å². The van der Waals surface area contributed by atoms with Gasteiger partial charge in [-0.3, -0.25) is 19.2 Å². The Morgan fingerprint density at radius 2 is 0.538 bits per heavy atom. The lowest BCUT2D eigenvalue weighted by atomic mass is 9.66. The summed E-state index contributed by atoms with van der Waals surface area (Å²) in [5.41, 5.74) is -7.56. The van der Waals surface area contributed by atoms with Crippen LogP contribution in [-0.4, -0.2) is 91.2 Å². The van der Waals surface area contributed by atoms with Crippen LogP contribution in [0.5, 0.6) is 46.0 Å². The van der Waals surface area contributed by atoms with E-state index in [0.717, 1.165) is 0 Å². The lowest BCUT2D eigenvalue weighted by Crippen LogP contribution is -2.66. The molecule has 13 heteroatoms. The number of methoxy groups -OCH3 is 8. The molecule has 0 heterocycles. The first-order valence-corrected chi connectivity index (χ1v) is 21.4. The van der Waals surface area contributed by atoms with E-state index in [-0.39, 0.29) is 81.1 Å². The van der Waals surface area contributed by atoms with E-state index in [1.807, 2.05) is 41.5 Å². The van der Waals surface area contributed by atoms with Crippen molar-refractivity contribution in [3.05, 3.63) is 95.1 Å². The number of rotatable bonds is 22. The molecule has 2 atom stereocenters. The van der Waals surface area contributed by atoms with Crippen molar-refractivity contribution in [3.63, 3.8) is 0 Å². The van der Waals surface area contributed by atoms with Gasteiger partial charge in [0.1, 0.15) is 68.2 Å². The molecule has 4 aromatic rings. The van der Waals surface area contributed by atoms with Gasteiger partial charge in [-0.1, -0.05) is 79.7 Å². The van der Waals surface area contributed by atoms with E-state index in [1.54, 1.807) is 86.6 Å². The Balaban J connectivity index is 2.50. The molecular weight excluding hydrogens is 833 g/mol. The second-order valence-corrected chi connectivity index (χ2v) is 18.4. The molecule has 0 aliphatic carbocycles. The predicted octanol–water partition coefficient (Wildman–Crippen LogP) is 10.2. The molecule has 0 spiro atoms. The van der Waals surface area contributed by atoms with Gasteiger partial charge in [0.15, 0.2) is 11.2 Å². The molecule has 0 aliphatic rings. The summed E-state index contributed by atoms with van der Waals surface area (Å²) in [4.78, 5) is 66.6. The lowest BCUT2D eigenvalue weighted by Gasteiger charge is -2.48.